The quantitative estimate of drug-likeness (QED) is 0.865. The van der Waals surface area contributed by atoms with E-state index in [2.05, 4.69) is 0 Å². The van der Waals surface area contributed by atoms with Crippen LogP contribution >= 0.6 is 11.8 Å². The van der Waals surface area contributed by atoms with Crippen LogP contribution in [0.15, 0.2) is 0 Å². The topological polar surface area (TPSA) is 66.8 Å². The molecule has 20 heavy (non-hydrogen) atoms. The molecule has 116 valence electrons. The van der Waals surface area contributed by atoms with E-state index in [9.17, 15) is 14.7 Å². The molecule has 0 aromatic rings. The Labute approximate surface area is 125 Å². The largest absolute Gasteiger partial charge is 0.479 e. The van der Waals surface area contributed by atoms with Crippen molar-refractivity contribution in [1.82, 2.24) is 4.90 Å². The summed E-state index contributed by atoms with van der Waals surface area (Å²) in [6, 6.07) is 0. The van der Waals surface area contributed by atoms with Crippen LogP contribution in [0.1, 0.15) is 47.0 Å². The lowest BCUT2D eigenvalue weighted by molar-refractivity contribution is -0.152. The number of carbonyl (C=O) groups is 2. The number of carboxylic acids is 1. The summed E-state index contributed by atoms with van der Waals surface area (Å²) < 4.78 is 5.40. The van der Waals surface area contributed by atoms with Gasteiger partial charge in [0.1, 0.15) is 11.1 Å². The molecule has 0 radical (unpaired) electrons. The van der Waals surface area contributed by atoms with Gasteiger partial charge in [0.05, 0.1) is 0 Å². The average Bonchev–Trinajstić information content (AvgIpc) is 2.34. The number of amides is 1. The maximum atomic E-state index is 12.4. The third kappa shape index (κ3) is 4.04. The molecular formula is C14H25NO4S. The number of aliphatic carboxylic acids is 1. The summed E-state index contributed by atoms with van der Waals surface area (Å²) in [5.74, 6) is 0.599. The molecule has 0 aromatic carbocycles. The fraction of sp³-hybridized carbons (Fsp3) is 0.857. The Kier molecular flexibility index (Phi) is 5.74. The summed E-state index contributed by atoms with van der Waals surface area (Å²) in [5.41, 5.74) is -1.73. The predicted molar refractivity (Wildman–Crippen MR) is 80.2 cm³/mol. The number of thioether (sulfide) groups is 1. The zero-order valence-electron chi connectivity index (χ0n) is 12.8. The molecule has 0 spiro atoms. The lowest BCUT2D eigenvalue weighted by Crippen LogP contribution is -2.59. The second-order valence-electron chi connectivity index (χ2n) is 6.08. The first kappa shape index (κ1) is 17.1. The molecule has 0 unspecified atom stereocenters. The van der Waals surface area contributed by atoms with E-state index < -0.39 is 23.2 Å². The number of carbonyl (C=O) groups excluding carboxylic acids is 1. The standard InChI is InChI=1S/C14H25NO4S/c1-5-8-15(12(18)19-13(2,3)4)14(11(16)17)6-9-20-10-7-14/h5-10H2,1-4H3,(H,16,17). The van der Waals surface area contributed by atoms with E-state index in [0.717, 1.165) is 11.5 Å². The summed E-state index contributed by atoms with van der Waals surface area (Å²) >= 11 is 1.73. The van der Waals surface area contributed by atoms with Gasteiger partial charge in [-0.2, -0.15) is 11.8 Å². The van der Waals surface area contributed by atoms with Crippen molar-refractivity contribution in [2.24, 2.45) is 0 Å². The Balaban J connectivity index is 3.02. The van der Waals surface area contributed by atoms with Crippen molar-refractivity contribution in [3.63, 3.8) is 0 Å². The van der Waals surface area contributed by atoms with Gasteiger partial charge in [0, 0.05) is 6.54 Å². The molecule has 0 atom stereocenters. The second-order valence-corrected chi connectivity index (χ2v) is 7.31. The molecule has 0 aromatic heterocycles. The van der Waals surface area contributed by atoms with Gasteiger partial charge in [-0.05, 0) is 51.5 Å². The summed E-state index contributed by atoms with van der Waals surface area (Å²) in [4.78, 5) is 25.6. The van der Waals surface area contributed by atoms with E-state index in [1.165, 1.54) is 4.90 Å². The Morgan fingerprint density at radius 2 is 1.85 bits per heavy atom. The van der Waals surface area contributed by atoms with Crippen LogP contribution in [0.5, 0.6) is 0 Å². The first-order chi connectivity index (χ1) is 9.23. The fourth-order valence-electron chi connectivity index (χ4n) is 2.33. The lowest BCUT2D eigenvalue weighted by Gasteiger charge is -2.43. The molecule has 1 aliphatic heterocycles. The van der Waals surface area contributed by atoms with Gasteiger partial charge in [-0.15, -0.1) is 0 Å². The summed E-state index contributed by atoms with van der Waals surface area (Å²) in [6.45, 7) is 7.72. The maximum Gasteiger partial charge on any atom is 0.411 e. The predicted octanol–water partition coefficient (Wildman–Crippen LogP) is 2.98. The van der Waals surface area contributed by atoms with Crippen LogP contribution in [0.25, 0.3) is 0 Å². The van der Waals surface area contributed by atoms with Crippen LogP contribution in [0.4, 0.5) is 4.79 Å². The Bertz CT molecular complexity index is 359. The SMILES string of the molecule is CCCN(C(=O)OC(C)(C)C)C1(C(=O)O)CCSCC1. The fourth-order valence-corrected chi connectivity index (χ4v) is 3.50. The number of ether oxygens (including phenoxy) is 1. The average molecular weight is 303 g/mol. The van der Waals surface area contributed by atoms with E-state index in [1.54, 1.807) is 32.5 Å². The molecule has 0 bridgehead atoms. The Morgan fingerprint density at radius 3 is 2.25 bits per heavy atom. The zero-order chi connectivity index (χ0) is 15.4. The summed E-state index contributed by atoms with van der Waals surface area (Å²) in [7, 11) is 0. The number of hydrogen-bond acceptors (Lipinski definition) is 4. The van der Waals surface area contributed by atoms with E-state index in [4.69, 9.17) is 4.74 Å². The first-order valence-corrected chi connectivity index (χ1v) is 8.20. The lowest BCUT2D eigenvalue weighted by atomic mass is 9.90. The van der Waals surface area contributed by atoms with Gasteiger partial charge >= 0.3 is 12.1 Å². The van der Waals surface area contributed by atoms with Crippen LogP contribution < -0.4 is 0 Å². The van der Waals surface area contributed by atoms with Crippen molar-refractivity contribution in [2.75, 3.05) is 18.1 Å². The monoisotopic (exact) mass is 303 g/mol. The molecule has 5 nitrogen and oxygen atoms in total. The van der Waals surface area contributed by atoms with Crippen molar-refractivity contribution >= 4 is 23.8 Å². The second kappa shape index (κ2) is 6.70. The Hall–Kier alpha value is -0.910. The minimum atomic E-state index is -1.11. The third-order valence-corrected chi connectivity index (χ3v) is 4.28. The highest BCUT2D eigenvalue weighted by Crippen LogP contribution is 2.34. The Morgan fingerprint density at radius 1 is 1.30 bits per heavy atom. The molecule has 0 aliphatic carbocycles. The van der Waals surface area contributed by atoms with Crippen LogP contribution in [-0.4, -0.2) is 51.3 Å². The number of rotatable bonds is 4. The minimum absolute atomic E-state index is 0.409. The van der Waals surface area contributed by atoms with Crippen molar-refractivity contribution in [3.8, 4) is 0 Å². The van der Waals surface area contributed by atoms with Gasteiger partial charge in [0.2, 0.25) is 0 Å². The molecule has 1 fully saturated rings. The highest BCUT2D eigenvalue weighted by Gasteiger charge is 2.48. The summed E-state index contributed by atoms with van der Waals surface area (Å²) in [6.07, 6.45) is 1.15. The van der Waals surface area contributed by atoms with Crippen molar-refractivity contribution < 1.29 is 19.4 Å². The minimum Gasteiger partial charge on any atom is -0.479 e. The molecule has 1 N–H and O–H groups in total. The molecule has 1 rings (SSSR count). The van der Waals surface area contributed by atoms with Crippen LogP contribution in [0.3, 0.4) is 0 Å². The van der Waals surface area contributed by atoms with Gasteiger partial charge in [0.25, 0.3) is 0 Å². The molecule has 0 saturated carbocycles. The summed E-state index contributed by atoms with van der Waals surface area (Å²) in [5, 5.41) is 9.67. The molecule has 1 heterocycles. The number of hydrogen-bond donors (Lipinski definition) is 1. The van der Waals surface area contributed by atoms with Crippen LogP contribution in [0, 0.1) is 0 Å². The van der Waals surface area contributed by atoms with Gasteiger partial charge in [-0.25, -0.2) is 9.59 Å². The van der Waals surface area contributed by atoms with E-state index >= 15 is 0 Å². The van der Waals surface area contributed by atoms with Crippen LogP contribution in [-0.2, 0) is 9.53 Å². The molecule has 1 aliphatic rings. The first-order valence-electron chi connectivity index (χ1n) is 7.05. The van der Waals surface area contributed by atoms with Gasteiger partial charge in [-0.3, -0.25) is 4.90 Å². The highest BCUT2D eigenvalue weighted by atomic mass is 32.2. The van der Waals surface area contributed by atoms with Crippen molar-refractivity contribution in [1.29, 1.82) is 0 Å². The van der Waals surface area contributed by atoms with Gasteiger partial charge < -0.3 is 9.84 Å². The van der Waals surface area contributed by atoms with Crippen molar-refractivity contribution in [3.05, 3.63) is 0 Å². The smallest absolute Gasteiger partial charge is 0.411 e. The molecule has 6 heteroatoms. The highest BCUT2D eigenvalue weighted by molar-refractivity contribution is 7.99. The van der Waals surface area contributed by atoms with Gasteiger partial charge in [0.15, 0.2) is 0 Å². The molecule has 1 saturated heterocycles. The van der Waals surface area contributed by atoms with Gasteiger partial charge in [-0.1, -0.05) is 6.92 Å². The molecular weight excluding hydrogens is 278 g/mol. The number of carboxylic acid groups (broad SMARTS) is 1. The van der Waals surface area contributed by atoms with E-state index in [-0.39, 0.29) is 0 Å². The zero-order valence-corrected chi connectivity index (χ0v) is 13.6. The van der Waals surface area contributed by atoms with Crippen LogP contribution in [0.2, 0.25) is 0 Å². The number of nitrogens with zero attached hydrogens (tertiary/aromatic N) is 1. The normalized spacial score (nSPS) is 18.4. The van der Waals surface area contributed by atoms with E-state index in [0.29, 0.717) is 25.8 Å². The molecule has 1 amide bonds. The van der Waals surface area contributed by atoms with Crippen molar-refractivity contribution in [2.45, 2.75) is 58.1 Å². The maximum absolute atomic E-state index is 12.4. The van der Waals surface area contributed by atoms with E-state index in [1.807, 2.05) is 6.92 Å². The third-order valence-electron chi connectivity index (χ3n) is 3.30.